The summed E-state index contributed by atoms with van der Waals surface area (Å²) in [4.78, 5) is 17.5. The number of ether oxygens (including phenoxy) is 1. The molecule has 0 aliphatic rings. The Morgan fingerprint density at radius 2 is 1.90 bits per heavy atom. The Labute approximate surface area is 176 Å². The molecule has 0 unspecified atom stereocenters. The van der Waals surface area contributed by atoms with Crippen molar-refractivity contribution in [2.75, 3.05) is 0 Å². The molecule has 4 rings (SSSR count). The largest absolute Gasteiger partial charge is 0.490 e. The van der Waals surface area contributed by atoms with Crippen LogP contribution in [0.15, 0.2) is 69.0 Å². The summed E-state index contributed by atoms with van der Waals surface area (Å²) < 4.78 is 8.14. The number of aromatic nitrogens is 2. The molecule has 5 nitrogen and oxygen atoms in total. The predicted octanol–water partition coefficient (Wildman–Crippen LogP) is 5.29. The molecule has 3 aromatic carbocycles. The third-order valence-corrected chi connectivity index (χ3v) is 5.06. The highest BCUT2D eigenvalue weighted by atomic mass is 79.9. The van der Waals surface area contributed by atoms with Crippen molar-refractivity contribution in [3.05, 3.63) is 80.8 Å². The maximum Gasteiger partial charge on any atom is 0.282 e. The first-order chi connectivity index (χ1) is 13.9. The molecule has 4 aromatic rings. The molecule has 29 heavy (non-hydrogen) atoms. The minimum absolute atomic E-state index is 0.0208. The van der Waals surface area contributed by atoms with Gasteiger partial charge in [-0.2, -0.15) is 9.78 Å². The van der Waals surface area contributed by atoms with E-state index in [2.05, 4.69) is 26.0 Å². The van der Waals surface area contributed by atoms with Crippen LogP contribution in [0.4, 0.5) is 0 Å². The molecule has 0 amide bonds. The predicted molar refractivity (Wildman–Crippen MR) is 121 cm³/mol. The molecule has 0 atom stereocenters. The molecule has 0 radical (unpaired) electrons. The van der Waals surface area contributed by atoms with E-state index in [-0.39, 0.29) is 11.7 Å². The molecule has 146 valence electrons. The monoisotopic (exact) mass is 449 g/mol. The molecule has 1 aromatic heterocycles. The Morgan fingerprint density at radius 1 is 1.10 bits per heavy atom. The third kappa shape index (κ3) is 3.80. The minimum atomic E-state index is -0.211. The lowest BCUT2D eigenvalue weighted by atomic mass is 10.0. The first kappa shape index (κ1) is 19.3. The summed E-state index contributed by atoms with van der Waals surface area (Å²) in [5.41, 5.74) is 1.27. The maximum absolute atomic E-state index is 13.0. The molecule has 0 aliphatic heterocycles. The zero-order valence-corrected chi connectivity index (χ0v) is 18.0. The van der Waals surface area contributed by atoms with E-state index in [0.29, 0.717) is 16.7 Å². The Balaban J connectivity index is 1.90. The summed E-state index contributed by atoms with van der Waals surface area (Å²) in [6, 6.07) is 17.5. The molecule has 0 aliphatic carbocycles. The van der Waals surface area contributed by atoms with E-state index in [0.717, 1.165) is 26.6 Å². The van der Waals surface area contributed by atoms with Crippen molar-refractivity contribution in [2.45, 2.75) is 26.9 Å². The van der Waals surface area contributed by atoms with Crippen molar-refractivity contribution in [3.63, 3.8) is 0 Å². The molecule has 0 spiro atoms. The number of benzene rings is 3. The Morgan fingerprint density at radius 3 is 2.69 bits per heavy atom. The van der Waals surface area contributed by atoms with Crippen LogP contribution < -0.4 is 10.3 Å². The van der Waals surface area contributed by atoms with Gasteiger partial charge in [0.2, 0.25) is 0 Å². The van der Waals surface area contributed by atoms with Gasteiger partial charge < -0.3 is 4.74 Å². The van der Waals surface area contributed by atoms with Crippen molar-refractivity contribution < 1.29 is 4.74 Å². The fourth-order valence-corrected chi connectivity index (χ4v) is 3.64. The number of rotatable bonds is 4. The molecule has 0 fully saturated rings. The zero-order chi connectivity index (χ0) is 20.5. The second kappa shape index (κ2) is 7.79. The fourth-order valence-electron chi connectivity index (χ4n) is 3.28. The summed E-state index contributed by atoms with van der Waals surface area (Å²) >= 11 is 3.41. The van der Waals surface area contributed by atoms with Crippen LogP contribution in [-0.2, 0) is 0 Å². The van der Waals surface area contributed by atoms with Gasteiger partial charge >= 0.3 is 0 Å². The second-order valence-electron chi connectivity index (χ2n) is 7.05. The summed E-state index contributed by atoms with van der Waals surface area (Å²) in [6.45, 7) is 5.74. The van der Waals surface area contributed by atoms with Gasteiger partial charge in [-0.3, -0.25) is 4.79 Å². The average molecular weight is 450 g/mol. The Hall–Kier alpha value is -2.99. The lowest BCUT2D eigenvalue weighted by Crippen LogP contribution is -2.20. The van der Waals surface area contributed by atoms with Crippen LogP contribution in [0.25, 0.3) is 21.7 Å². The molecular weight excluding hydrogens is 430 g/mol. The smallest absolute Gasteiger partial charge is 0.282 e. The van der Waals surface area contributed by atoms with Gasteiger partial charge in [0, 0.05) is 10.0 Å². The highest BCUT2D eigenvalue weighted by Crippen LogP contribution is 2.27. The van der Waals surface area contributed by atoms with E-state index < -0.39 is 0 Å². The van der Waals surface area contributed by atoms with Crippen molar-refractivity contribution in [1.29, 1.82) is 0 Å². The van der Waals surface area contributed by atoms with Crippen LogP contribution in [0.2, 0.25) is 0 Å². The van der Waals surface area contributed by atoms with Crippen LogP contribution in [0, 0.1) is 6.92 Å². The molecule has 0 N–H and O–H groups in total. The van der Waals surface area contributed by atoms with Crippen LogP contribution in [0.1, 0.15) is 25.2 Å². The third-order valence-electron chi connectivity index (χ3n) is 4.57. The van der Waals surface area contributed by atoms with Crippen LogP contribution in [0.5, 0.6) is 5.75 Å². The molecule has 0 saturated carbocycles. The summed E-state index contributed by atoms with van der Waals surface area (Å²) in [5, 5.41) is 7.10. The van der Waals surface area contributed by atoms with Crippen LogP contribution in [0.3, 0.4) is 0 Å². The first-order valence-electron chi connectivity index (χ1n) is 9.36. The summed E-state index contributed by atoms with van der Waals surface area (Å²) in [7, 11) is 0. The van der Waals surface area contributed by atoms with Crippen LogP contribution >= 0.6 is 15.9 Å². The summed E-state index contributed by atoms with van der Waals surface area (Å²) in [6.07, 6.45) is 1.70. The van der Waals surface area contributed by atoms with E-state index in [4.69, 9.17) is 4.74 Å². The molecule has 0 bridgehead atoms. The molecule has 1 heterocycles. The molecular formula is C23H20BrN3O2. The number of halogens is 1. The maximum atomic E-state index is 13.0. The average Bonchev–Trinajstić information content (AvgIpc) is 2.69. The van der Waals surface area contributed by atoms with Crippen molar-refractivity contribution >= 4 is 43.8 Å². The standard InChI is InChI=1S/C23H20BrN3O2/c1-14(2)29-22-11-8-16-6-4-5-7-18(16)20(22)13-25-27-15(3)26-21-10-9-17(24)12-19(21)23(27)28/h4-14H,1-3H3. The quantitative estimate of drug-likeness (QED) is 0.397. The summed E-state index contributed by atoms with van der Waals surface area (Å²) in [5.74, 6) is 1.25. The van der Waals surface area contributed by atoms with Gasteiger partial charge in [0.05, 0.1) is 23.2 Å². The van der Waals surface area contributed by atoms with E-state index in [1.165, 1.54) is 4.68 Å². The van der Waals surface area contributed by atoms with Gasteiger partial charge in [-0.25, -0.2) is 4.98 Å². The van der Waals surface area contributed by atoms with E-state index in [1.54, 1.807) is 19.2 Å². The molecule has 6 heteroatoms. The Kier molecular flexibility index (Phi) is 5.20. The SMILES string of the molecule is Cc1nc2ccc(Br)cc2c(=O)n1N=Cc1c(OC(C)C)ccc2ccccc12. The van der Waals surface area contributed by atoms with E-state index in [9.17, 15) is 4.79 Å². The van der Waals surface area contributed by atoms with Crippen molar-refractivity contribution in [1.82, 2.24) is 9.66 Å². The van der Waals surface area contributed by atoms with Gasteiger partial charge in [0.25, 0.3) is 5.56 Å². The van der Waals surface area contributed by atoms with Gasteiger partial charge in [-0.05, 0) is 55.8 Å². The highest BCUT2D eigenvalue weighted by Gasteiger charge is 2.11. The van der Waals surface area contributed by atoms with Crippen molar-refractivity contribution in [2.24, 2.45) is 5.10 Å². The van der Waals surface area contributed by atoms with E-state index >= 15 is 0 Å². The lowest BCUT2D eigenvalue weighted by Gasteiger charge is -2.14. The number of hydrogen-bond donors (Lipinski definition) is 0. The molecule has 0 saturated heterocycles. The number of hydrogen-bond acceptors (Lipinski definition) is 4. The highest BCUT2D eigenvalue weighted by molar-refractivity contribution is 9.10. The normalized spacial score (nSPS) is 11.8. The fraction of sp³-hybridized carbons (Fsp3) is 0.174. The number of fused-ring (bicyclic) bond motifs is 2. The lowest BCUT2D eigenvalue weighted by molar-refractivity contribution is 0.242. The topological polar surface area (TPSA) is 56.5 Å². The Bertz CT molecular complexity index is 1310. The van der Waals surface area contributed by atoms with Crippen LogP contribution in [-0.4, -0.2) is 22.0 Å². The number of nitrogens with zero attached hydrogens (tertiary/aromatic N) is 3. The van der Waals surface area contributed by atoms with Gasteiger partial charge in [0.15, 0.2) is 0 Å². The second-order valence-corrected chi connectivity index (χ2v) is 7.96. The van der Waals surface area contributed by atoms with E-state index in [1.807, 2.05) is 62.4 Å². The van der Waals surface area contributed by atoms with Gasteiger partial charge in [-0.1, -0.05) is 46.3 Å². The van der Waals surface area contributed by atoms with Gasteiger partial charge in [-0.15, -0.1) is 0 Å². The van der Waals surface area contributed by atoms with Gasteiger partial charge in [0.1, 0.15) is 11.6 Å². The zero-order valence-electron chi connectivity index (χ0n) is 16.4. The minimum Gasteiger partial charge on any atom is -0.490 e. The first-order valence-corrected chi connectivity index (χ1v) is 10.1. The number of aryl methyl sites for hydroxylation is 1. The van der Waals surface area contributed by atoms with Crippen molar-refractivity contribution in [3.8, 4) is 5.75 Å².